The van der Waals surface area contributed by atoms with Crippen molar-refractivity contribution in [3.05, 3.63) is 25.3 Å². The number of rotatable bonds is 6. The smallest absolute Gasteiger partial charge is 0.332 e. The Labute approximate surface area is 81.9 Å². The second-order valence-corrected chi connectivity index (χ2v) is 2.14. The number of methoxy groups -OCH3 is 1. The van der Waals surface area contributed by atoms with Gasteiger partial charge in [-0.3, -0.25) is 0 Å². The maximum atomic E-state index is 10.7. The van der Waals surface area contributed by atoms with Crippen LogP contribution in [0.5, 0.6) is 0 Å². The summed E-state index contributed by atoms with van der Waals surface area (Å²) in [4.78, 5) is 21.3. The third kappa shape index (κ3) is 5.10. The van der Waals surface area contributed by atoms with Crippen molar-refractivity contribution in [3.8, 4) is 0 Å². The van der Waals surface area contributed by atoms with Crippen molar-refractivity contribution in [2.75, 3.05) is 13.7 Å². The molecule has 0 bridgehead atoms. The topological polar surface area (TPSA) is 61.8 Å². The zero-order valence-electron chi connectivity index (χ0n) is 7.89. The molecular formula is C9H12O5. The van der Waals surface area contributed by atoms with Crippen molar-refractivity contribution in [1.29, 1.82) is 0 Å². The SMILES string of the molecule is C=CC(=O)OCC(OC)OC(=O)C=C. The summed E-state index contributed by atoms with van der Waals surface area (Å²) >= 11 is 0. The van der Waals surface area contributed by atoms with Gasteiger partial charge in [0.25, 0.3) is 0 Å². The van der Waals surface area contributed by atoms with Crippen molar-refractivity contribution < 1.29 is 23.8 Å². The lowest BCUT2D eigenvalue weighted by Crippen LogP contribution is -2.25. The lowest BCUT2D eigenvalue weighted by molar-refractivity contribution is -0.182. The Morgan fingerprint density at radius 1 is 1.29 bits per heavy atom. The maximum absolute atomic E-state index is 10.7. The molecule has 78 valence electrons. The predicted octanol–water partition coefficient (Wildman–Crippen LogP) is 0.417. The van der Waals surface area contributed by atoms with Crippen LogP contribution in [-0.4, -0.2) is 31.9 Å². The number of ether oxygens (including phenoxy) is 3. The molecule has 0 aromatic heterocycles. The van der Waals surface area contributed by atoms with Crippen LogP contribution >= 0.6 is 0 Å². The minimum absolute atomic E-state index is 0.180. The highest BCUT2D eigenvalue weighted by atomic mass is 16.7. The summed E-state index contributed by atoms with van der Waals surface area (Å²) in [6, 6.07) is 0. The van der Waals surface area contributed by atoms with Crippen LogP contribution in [0, 0.1) is 0 Å². The molecule has 0 aliphatic carbocycles. The Morgan fingerprint density at radius 2 is 1.86 bits per heavy atom. The molecule has 5 heteroatoms. The molecular weight excluding hydrogens is 188 g/mol. The maximum Gasteiger partial charge on any atom is 0.332 e. The predicted molar refractivity (Wildman–Crippen MR) is 48.2 cm³/mol. The molecule has 0 amide bonds. The van der Waals surface area contributed by atoms with E-state index in [2.05, 4.69) is 22.6 Å². The van der Waals surface area contributed by atoms with E-state index in [0.717, 1.165) is 12.2 Å². The Bertz CT molecular complexity index is 233. The van der Waals surface area contributed by atoms with Gasteiger partial charge in [0.15, 0.2) is 6.61 Å². The Hall–Kier alpha value is -1.62. The van der Waals surface area contributed by atoms with Crippen molar-refractivity contribution in [2.24, 2.45) is 0 Å². The van der Waals surface area contributed by atoms with Crippen LogP contribution in [0.4, 0.5) is 0 Å². The van der Waals surface area contributed by atoms with E-state index in [-0.39, 0.29) is 6.61 Å². The Balaban J connectivity index is 3.90. The van der Waals surface area contributed by atoms with Gasteiger partial charge in [0.1, 0.15) is 0 Å². The second-order valence-electron chi connectivity index (χ2n) is 2.14. The molecule has 0 aliphatic rings. The van der Waals surface area contributed by atoms with Crippen molar-refractivity contribution >= 4 is 11.9 Å². The summed E-state index contributed by atoms with van der Waals surface area (Å²) in [6.07, 6.45) is 1.06. The first-order valence-corrected chi connectivity index (χ1v) is 3.79. The van der Waals surface area contributed by atoms with Crippen LogP contribution in [-0.2, 0) is 23.8 Å². The summed E-state index contributed by atoms with van der Waals surface area (Å²) in [5.74, 6) is -1.26. The van der Waals surface area contributed by atoms with Gasteiger partial charge in [-0.2, -0.15) is 0 Å². The van der Waals surface area contributed by atoms with E-state index in [4.69, 9.17) is 4.74 Å². The van der Waals surface area contributed by atoms with Gasteiger partial charge in [-0.05, 0) is 0 Å². The average Bonchev–Trinajstić information content (AvgIpc) is 2.22. The van der Waals surface area contributed by atoms with Gasteiger partial charge in [-0.1, -0.05) is 13.2 Å². The standard InChI is InChI=1S/C9H12O5/c1-4-7(10)13-6-9(12-3)14-8(11)5-2/h4-5,9H,1-2,6H2,3H3. The molecule has 0 saturated heterocycles. The number of carbonyl (C=O) groups excluding carboxylic acids is 2. The molecule has 0 radical (unpaired) electrons. The normalized spacial score (nSPS) is 11.2. The fourth-order valence-electron chi connectivity index (χ4n) is 0.537. The minimum Gasteiger partial charge on any atom is -0.456 e. The van der Waals surface area contributed by atoms with Crippen molar-refractivity contribution in [1.82, 2.24) is 0 Å². The highest BCUT2D eigenvalue weighted by Gasteiger charge is 2.12. The molecule has 0 saturated carbocycles. The van der Waals surface area contributed by atoms with Gasteiger partial charge in [0.2, 0.25) is 6.29 Å². The number of hydrogen-bond donors (Lipinski definition) is 0. The number of hydrogen-bond acceptors (Lipinski definition) is 5. The van der Waals surface area contributed by atoms with E-state index in [0.29, 0.717) is 0 Å². The summed E-state index contributed by atoms with van der Waals surface area (Å²) in [7, 11) is 1.32. The quantitative estimate of drug-likeness (QED) is 0.353. The fraction of sp³-hybridized carbons (Fsp3) is 0.333. The molecule has 0 spiro atoms. The Morgan fingerprint density at radius 3 is 2.29 bits per heavy atom. The summed E-state index contributed by atoms with van der Waals surface area (Å²) < 4.78 is 14.0. The fourth-order valence-corrected chi connectivity index (χ4v) is 0.537. The van der Waals surface area contributed by atoms with Gasteiger partial charge in [-0.25, -0.2) is 9.59 Å². The van der Waals surface area contributed by atoms with Gasteiger partial charge in [0, 0.05) is 19.3 Å². The lowest BCUT2D eigenvalue weighted by Gasteiger charge is -2.14. The van der Waals surface area contributed by atoms with Crippen LogP contribution in [0.25, 0.3) is 0 Å². The van der Waals surface area contributed by atoms with Crippen LogP contribution in [0.1, 0.15) is 0 Å². The van der Waals surface area contributed by atoms with Gasteiger partial charge >= 0.3 is 11.9 Å². The van der Waals surface area contributed by atoms with E-state index < -0.39 is 18.2 Å². The number of carbonyl (C=O) groups is 2. The van der Waals surface area contributed by atoms with E-state index in [1.807, 2.05) is 0 Å². The highest BCUT2D eigenvalue weighted by Crippen LogP contribution is 1.96. The molecule has 0 aromatic carbocycles. The highest BCUT2D eigenvalue weighted by molar-refractivity contribution is 5.82. The van der Waals surface area contributed by atoms with Crippen LogP contribution in [0.2, 0.25) is 0 Å². The van der Waals surface area contributed by atoms with E-state index in [9.17, 15) is 9.59 Å². The van der Waals surface area contributed by atoms with Crippen LogP contribution in [0.3, 0.4) is 0 Å². The first-order valence-electron chi connectivity index (χ1n) is 3.79. The number of esters is 2. The summed E-state index contributed by atoms with van der Waals surface area (Å²) in [5, 5.41) is 0. The van der Waals surface area contributed by atoms with E-state index in [1.54, 1.807) is 0 Å². The van der Waals surface area contributed by atoms with Crippen molar-refractivity contribution in [2.45, 2.75) is 6.29 Å². The first-order chi connectivity index (χ1) is 6.63. The van der Waals surface area contributed by atoms with E-state index in [1.165, 1.54) is 7.11 Å². The van der Waals surface area contributed by atoms with Crippen LogP contribution in [0.15, 0.2) is 25.3 Å². The molecule has 14 heavy (non-hydrogen) atoms. The summed E-state index contributed by atoms with van der Waals surface area (Å²) in [5.41, 5.74) is 0. The second kappa shape index (κ2) is 6.85. The van der Waals surface area contributed by atoms with Gasteiger partial charge < -0.3 is 14.2 Å². The third-order valence-electron chi connectivity index (χ3n) is 1.21. The van der Waals surface area contributed by atoms with Gasteiger partial charge in [0.05, 0.1) is 0 Å². The zero-order valence-corrected chi connectivity index (χ0v) is 7.89. The average molecular weight is 200 g/mol. The zero-order chi connectivity index (χ0) is 11.0. The molecule has 1 atom stereocenters. The third-order valence-corrected chi connectivity index (χ3v) is 1.21. The minimum atomic E-state index is -0.926. The molecule has 0 aliphatic heterocycles. The van der Waals surface area contributed by atoms with Crippen LogP contribution < -0.4 is 0 Å². The molecule has 0 N–H and O–H groups in total. The molecule has 0 rings (SSSR count). The van der Waals surface area contributed by atoms with E-state index >= 15 is 0 Å². The molecule has 0 heterocycles. The molecule has 0 aromatic rings. The van der Waals surface area contributed by atoms with Gasteiger partial charge in [-0.15, -0.1) is 0 Å². The largest absolute Gasteiger partial charge is 0.456 e. The molecule has 0 fully saturated rings. The molecule has 5 nitrogen and oxygen atoms in total. The lowest BCUT2D eigenvalue weighted by atomic mass is 10.6. The molecule has 1 unspecified atom stereocenters. The summed E-state index contributed by atoms with van der Waals surface area (Å²) in [6.45, 7) is 6.23. The monoisotopic (exact) mass is 200 g/mol. The van der Waals surface area contributed by atoms with Crippen molar-refractivity contribution in [3.63, 3.8) is 0 Å². The Kier molecular flexibility index (Phi) is 6.06. The first kappa shape index (κ1) is 12.4.